The average molecular weight is 391 g/mol. The van der Waals surface area contributed by atoms with E-state index in [2.05, 4.69) is 0 Å². The van der Waals surface area contributed by atoms with Crippen molar-refractivity contribution in [2.24, 2.45) is 11.8 Å². The van der Waals surface area contributed by atoms with Gasteiger partial charge in [-0.1, -0.05) is 74.5 Å². The summed E-state index contributed by atoms with van der Waals surface area (Å²) in [5.41, 5.74) is 1.57. The molecule has 0 saturated carbocycles. The highest BCUT2D eigenvalue weighted by Crippen LogP contribution is 2.40. The smallest absolute Gasteiger partial charge is 0.347 e. The Bertz CT molecular complexity index is 777. The van der Waals surface area contributed by atoms with E-state index in [1.54, 1.807) is 30.3 Å². The van der Waals surface area contributed by atoms with E-state index in [1.807, 2.05) is 44.2 Å². The minimum Gasteiger partial charge on any atom is -0.347 e. The molecular weight excluding hydrogens is 367 g/mol. The van der Waals surface area contributed by atoms with Crippen molar-refractivity contribution >= 4 is 5.91 Å². The number of ether oxygens (including phenoxy) is 1. The predicted octanol–water partition coefficient (Wildman–Crippen LogP) is 4.99. The lowest BCUT2D eigenvalue weighted by Crippen LogP contribution is -2.49. The summed E-state index contributed by atoms with van der Waals surface area (Å²) in [6.45, 7) is 3.56. The molecule has 6 heteroatoms. The molecule has 1 aliphatic rings. The average Bonchev–Trinajstić information content (AvgIpc) is 3.12. The maximum absolute atomic E-state index is 13.6. The highest BCUT2D eigenvalue weighted by Gasteiger charge is 2.54. The van der Waals surface area contributed by atoms with Gasteiger partial charge in [0.2, 0.25) is 12.1 Å². The van der Waals surface area contributed by atoms with E-state index in [-0.39, 0.29) is 12.5 Å². The van der Waals surface area contributed by atoms with Crippen molar-refractivity contribution in [2.45, 2.75) is 38.7 Å². The zero-order valence-corrected chi connectivity index (χ0v) is 15.9. The highest BCUT2D eigenvalue weighted by molar-refractivity contribution is 5.80. The molecule has 3 rings (SSSR count). The molecule has 0 spiro atoms. The van der Waals surface area contributed by atoms with Gasteiger partial charge < -0.3 is 4.74 Å². The van der Waals surface area contributed by atoms with E-state index < -0.39 is 30.3 Å². The number of alkyl halides is 3. The molecule has 1 amide bonds. The first-order chi connectivity index (χ1) is 13.3. The Morgan fingerprint density at radius 3 is 2.18 bits per heavy atom. The molecule has 0 bridgehead atoms. The second-order valence-electron chi connectivity index (χ2n) is 7.44. The number of benzene rings is 2. The van der Waals surface area contributed by atoms with Crippen LogP contribution in [0.2, 0.25) is 0 Å². The fourth-order valence-electron chi connectivity index (χ4n) is 3.63. The third-order valence-electron chi connectivity index (χ3n) is 5.14. The van der Waals surface area contributed by atoms with Crippen LogP contribution in [-0.4, -0.2) is 29.8 Å². The van der Waals surface area contributed by atoms with Gasteiger partial charge in [-0.15, -0.1) is 0 Å². The molecule has 150 valence electrons. The molecule has 2 aromatic rings. The number of rotatable bonds is 5. The number of halogens is 3. The van der Waals surface area contributed by atoms with Crippen molar-refractivity contribution < 1.29 is 22.7 Å². The summed E-state index contributed by atoms with van der Waals surface area (Å²) in [6.07, 6.45) is -6.48. The maximum atomic E-state index is 13.6. The molecule has 28 heavy (non-hydrogen) atoms. The Balaban J connectivity index is 1.94. The number of hydrogen-bond donors (Lipinski definition) is 0. The second kappa shape index (κ2) is 8.35. The van der Waals surface area contributed by atoms with E-state index in [1.165, 1.54) is 0 Å². The summed E-state index contributed by atoms with van der Waals surface area (Å²) in [5, 5.41) is 0. The van der Waals surface area contributed by atoms with Crippen LogP contribution in [0.15, 0.2) is 60.7 Å². The van der Waals surface area contributed by atoms with E-state index in [4.69, 9.17) is 4.74 Å². The molecular formula is C22H24F3NO2. The van der Waals surface area contributed by atoms with Crippen molar-refractivity contribution in [3.63, 3.8) is 0 Å². The molecule has 0 radical (unpaired) electrons. The first-order valence-corrected chi connectivity index (χ1v) is 9.38. The molecule has 3 nitrogen and oxygen atoms in total. The van der Waals surface area contributed by atoms with E-state index in [0.717, 1.165) is 10.5 Å². The molecule has 1 fully saturated rings. The summed E-state index contributed by atoms with van der Waals surface area (Å²) < 4.78 is 46.0. The number of amides is 1. The van der Waals surface area contributed by atoms with Crippen molar-refractivity contribution in [1.82, 2.24) is 4.90 Å². The number of hydrogen-bond acceptors (Lipinski definition) is 2. The van der Waals surface area contributed by atoms with Crippen LogP contribution in [0.3, 0.4) is 0 Å². The van der Waals surface area contributed by atoms with E-state index in [9.17, 15) is 18.0 Å². The summed E-state index contributed by atoms with van der Waals surface area (Å²) in [6, 6.07) is 17.4. The van der Waals surface area contributed by atoms with Gasteiger partial charge in [-0.05, 0) is 23.5 Å². The quantitative estimate of drug-likeness (QED) is 0.719. The summed E-state index contributed by atoms with van der Waals surface area (Å²) in [5.74, 6) is -1.20. The zero-order chi connectivity index (χ0) is 20.3. The summed E-state index contributed by atoms with van der Waals surface area (Å²) in [7, 11) is 0. The van der Waals surface area contributed by atoms with Gasteiger partial charge in [0, 0.05) is 5.92 Å². The zero-order valence-electron chi connectivity index (χ0n) is 15.9. The molecule has 0 unspecified atom stereocenters. The van der Waals surface area contributed by atoms with Crippen molar-refractivity contribution in [3.8, 4) is 0 Å². The van der Waals surface area contributed by atoms with Crippen LogP contribution in [0.25, 0.3) is 0 Å². The van der Waals surface area contributed by atoms with Gasteiger partial charge in [0.25, 0.3) is 0 Å². The van der Waals surface area contributed by atoms with Crippen molar-refractivity contribution in [2.75, 3.05) is 6.61 Å². The standard InChI is InChI=1S/C22H24F3NO2/c1-15(2)18(13-16-9-5-3-6-10-16)20(27)26-19(17-11-7-4-8-12-17)14-28-21(26)22(23,24)25/h3-12,15,18-19,21H,13-14H2,1-2H3/t18-,19+,21+/m1/s1. The molecule has 0 aliphatic carbocycles. The minimum absolute atomic E-state index is 0.112. The first kappa shape index (κ1) is 20.4. The summed E-state index contributed by atoms with van der Waals surface area (Å²) >= 11 is 0. The molecule has 0 aromatic heterocycles. The lowest BCUT2D eigenvalue weighted by molar-refractivity contribution is -0.241. The molecule has 0 N–H and O–H groups in total. The van der Waals surface area contributed by atoms with Gasteiger partial charge in [0.15, 0.2) is 0 Å². The molecule has 1 saturated heterocycles. The molecule has 1 aliphatic heterocycles. The van der Waals surface area contributed by atoms with Crippen molar-refractivity contribution in [1.29, 1.82) is 0 Å². The molecule has 2 aromatic carbocycles. The van der Waals surface area contributed by atoms with Crippen LogP contribution < -0.4 is 0 Å². The van der Waals surface area contributed by atoms with Gasteiger partial charge in [0.1, 0.15) is 0 Å². The lowest BCUT2D eigenvalue weighted by Gasteiger charge is -2.34. The largest absolute Gasteiger partial charge is 0.433 e. The van der Waals surface area contributed by atoms with Gasteiger partial charge >= 0.3 is 6.18 Å². The third-order valence-corrected chi connectivity index (χ3v) is 5.14. The fraction of sp³-hybridized carbons (Fsp3) is 0.409. The molecule has 3 atom stereocenters. The SMILES string of the molecule is CC(C)[C@@H](Cc1ccccc1)C(=O)N1[C@H](C(F)(F)F)OC[C@H]1c1ccccc1. The second-order valence-corrected chi connectivity index (χ2v) is 7.44. The lowest BCUT2D eigenvalue weighted by atomic mass is 9.87. The van der Waals surface area contributed by atoms with Crippen LogP contribution in [0.5, 0.6) is 0 Å². The van der Waals surface area contributed by atoms with Crippen LogP contribution in [0.4, 0.5) is 13.2 Å². The normalized spacial score (nSPS) is 21.1. The van der Waals surface area contributed by atoms with Gasteiger partial charge in [-0.2, -0.15) is 13.2 Å². The summed E-state index contributed by atoms with van der Waals surface area (Å²) in [4.78, 5) is 14.3. The van der Waals surface area contributed by atoms with E-state index in [0.29, 0.717) is 12.0 Å². The fourth-order valence-corrected chi connectivity index (χ4v) is 3.63. The number of carbonyl (C=O) groups excluding carboxylic acids is 1. The van der Waals surface area contributed by atoms with E-state index >= 15 is 0 Å². The van der Waals surface area contributed by atoms with Crippen LogP contribution >= 0.6 is 0 Å². The number of nitrogens with zero attached hydrogens (tertiary/aromatic N) is 1. The monoisotopic (exact) mass is 391 g/mol. The Hall–Kier alpha value is -2.34. The van der Waals surface area contributed by atoms with Crippen molar-refractivity contribution in [3.05, 3.63) is 71.8 Å². The van der Waals surface area contributed by atoms with Crippen LogP contribution in [-0.2, 0) is 16.0 Å². The van der Waals surface area contributed by atoms with Crippen LogP contribution in [0, 0.1) is 11.8 Å². The van der Waals surface area contributed by atoms with Gasteiger partial charge in [-0.3, -0.25) is 9.69 Å². The predicted molar refractivity (Wildman–Crippen MR) is 100 cm³/mol. The Morgan fingerprint density at radius 2 is 1.64 bits per heavy atom. The Kier molecular flexibility index (Phi) is 6.08. The van der Waals surface area contributed by atoms with Gasteiger partial charge in [-0.25, -0.2) is 0 Å². The first-order valence-electron chi connectivity index (χ1n) is 9.38. The Morgan fingerprint density at radius 1 is 1.07 bits per heavy atom. The third kappa shape index (κ3) is 4.38. The topological polar surface area (TPSA) is 29.5 Å². The molecule has 1 heterocycles. The Labute approximate surface area is 163 Å². The highest BCUT2D eigenvalue weighted by atomic mass is 19.4. The maximum Gasteiger partial charge on any atom is 0.433 e. The van der Waals surface area contributed by atoms with Crippen LogP contribution in [0.1, 0.15) is 31.0 Å². The number of carbonyl (C=O) groups is 1. The minimum atomic E-state index is -4.65. The van der Waals surface area contributed by atoms with Gasteiger partial charge in [0.05, 0.1) is 12.6 Å².